The highest BCUT2D eigenvalue weighted by atomic mass is 16.5. The van der Waals surface area contributed by atoms with Gasteiger partial charge in [0.05, 0.1) is 19.5 Å². The van der Waals surface area contributed by atoms with Crippen LogP contribution in [0.15, 0.2) is 41.0 Å². The van der Waals surface area contributed by atoms with Crippen LogP contribution in [0.3, 0.4) is 0 Å². The summed E-state index contributed by atoms with van der Waals surface area (Å²) in [6.07, 6.45) is 4.93. The Hall–Kier alpha value is -1.98. The quantitative estimate of drug-likeness (QED) is 0.900. The second-order valence-electron chi connectivity index (χ2n) is 6.83. The Balaban J connectivity index is 1.46. The van der Waals surface area contributed by atoms with Crippen molar-refractivity contribution in [1.29, 1.82) is 0 Å². The zero-order chi connectivity index (χ0) is 17.1. The van der Waals surface area contributed by atoms with E-state index in [4.69, 9.17) is 13.9 Å². The fourth-order valence-electron chi connectivity index (χ4n) is 3.82. The third kappa shape index (κ3) is 3.67. The van der Waals surface area contributed by atoms with E-state index in [1.165, 1.54) is 5.56 Å². The fourth-order valence-corrected chi connectivity index (χ4v) is 3.82. The minimum absolute atomic E-state index is 0.350. The molecule has 1 aromatic carbocycles. The largest absolute Gasteiger partial charge is 0.490 e. The van der Waals surface area contributed by atoms with Crippen LogP contribution in [0, 0.1) is 0 Å². The van der Waals surface area contributed by atoms with Crippen molar-refractivity contribution in [2.75, 3.05) is 19.8 Å². The molecule has 2 atom stereocenters. The molecule has 134 valence electrons. The topological polar surface area (TPSA) is 55.1 Å². The number of likely N-dealkylation sites (tertiary alicyclic amines) is 1. The molecule has 2 unspecified atom stereocenters. The lowest BCUT2D eigenvalue weighted by atomic mass is 10.0. The van der Waals surface area contributed by atoms with E-state index in [1.807, 2.05) is 24.3 Å². The molecule has 0 bridgehead atoms. The van der Waals surface area contributed by atoms with E-state index in [0.717, 1.165) is 43.9 Å². The molecule has 1 saturated heterocycles. The van der Waals surface area contributed by atoms with Crippen LogP contribution in [0.25, 0.3) is 0 Å². The minimum Gasteiger partial charge on any atom is -0.490 e. The summed E-state index contributed by atoms with van der Waals surface area (Å²) in [5.41, 5.74) is 1.17. The van der Waals surface area contributed by atoms with Gasteiger partial charge in [-0.25, -0.2) is 0 Å². The Morgan fingerprint density at radius 1 is 1.12 bits per heavy atom. The maximum atomic E-state index is 10.4. The van der Waals surface area contributed by atoms with Gasteiger partial charge in [-0.1, -0.05) is 12.1 Å². The molecule has 0 radical (unpaired) electrons. The number of ether oxygens (including phenoxy) is 2. The van der Waals surface area contributed by atoms with Crippen LogP contribution in [-0.4, -0.2) is 35.8 Å². The van der Waals surface area contributed by atoms with Gasteiger partial charge in [0.15, 0.2) is 11.5 Å². The van der Waals surface area contributed by atoms with Gasteiger partial charge in [0, 0.05) is 24.6 Å². The molecule has 2 aromatic rings. The lowest BCUT2D eigenvalue weighted by Crippen LogP contribution is -2.30. The molecule has 1 fully saturated rings. The Morgan fingerprint density at radius 2 is 2.04 bits per heavy atom. The van der Waals surface area contributed by atoms with E-state index in [1.54, 1.807) is 6.26 Å². The van der Waals surface area contributed by atoms with Crippen molar-refractivity contribution < 1.29 is 19.0 Å². The molecule has 3 heterocycles. The first kappa shape index (κ1) is 16.5. The zero-order valence-electron chi connectivity index (χ0n) is 14.4. The molecule has 5 nitrogen and oxygen atoms in total. The average molecular weight is 343 g/mol. The van der Waals surface area contributed by atoms with E-state index in [-0.39, 0.29) is 0 Å². The number of furan rings is 1. The van der Waals surface area contributed by atoms with Gasteiger partial charge in [-0.3, -0.25) is 4.90 Å². The van der Waals surface area contributed by atoms with Gasteiger partial charge in [0.2, 0.25) is 0 Å². The number of para-hydroxylation sites is 1. The third-order valence-corrected chi connectivity index (χ3v) is 5.09. The van der Waals surface area contributed by atoms with E-state index in [0.29, 0.717) is 31.4 Å². The van der Waals surface area contributed by atoms with Gasteiger partial charge in [0.25, 0.3) is 0 Å². The number of fused-ring (bicyclic) bond motifs is 1. The van der Waals surface area contributed by atoms with E-state index in [2.05, 4.69) is 11.0 Å². The average Bonchev–Trinajstić information content (AvgIpc) is 3.23. The zero-order valence-corrected chi connectivity index (χ0v) is 14.4. The van der Waals surface area contributed by atoms with Gasteiger partial charge in [-0.15, -0.1) is 0 Å². The van der Waals surface area contributed by atoms with Crippen LogP contribution in [0.4, 0.5) is 0 Å². The van der Waals surface area contributed by atoms with E-state index >= 15 is 0 Å². The van der Waals surface area contributed by atoms with Crippen molar-refractivity contribution in [1.82, 2.24) is 4.90 Å². The first-order valence-corrected chi connectivity index (χ1v) is 9.14. The molecule has 0 aliphatic carbocycles. The van der Waals surface area contributed by atoms with Crippen LogP contribution < -0.4 is 9.47 Å². The second-order valence-corrected chi connectivity index (χ2v) is 6.83. The van der Waals surface area contributed by atoms with Gasteiger partial charge in [0.1, 0.15) is 11.9 Å². The standard InChI is InChI=1S/C20H25NO4/c22-17(18-8-3-10-23-18)13-16-6-2-9-21(16)14-15-5-1-7-19-20(15)25-12-4-11-24-19/h1,3,5,7-8,10,16-17,22H,2,4,6,9,11-14H2. The molecule has 1 aromatic heterocycles. The maximum Gasteiger partial charge on any atom is 0.165 e. The van der Waals surface area contributed by atoms with Gasteiger partial charge >= 0.3 is 0 Å². The summed E-state index contributed by atoms with van der Waals surface area (Å²) in [6.45, 7) is 3.27. The van der Waals surface area contributed by atoms with Crippen LogP contribution in [-0.2, 0) is 6.54 Å². The number of benzene rings is 1. The lowest BCUT2D eigenvalue weighted by molar-refractivity contribution is 0.0991. The molecule has 0 spiro atoms. The molecule has 2 aliphatic rings. The number of aliphatic hydroxyl groups excluding tert-OH is 1. The van der Waals surface area contributed by atoms with Crippen molar-refractivity contribution in [3.05, 3.63) is 47.9 Å². The van der Waals surface area contributed by atoms with Crippen LogP contribution in [0.1, 0.15) is 43.1 Å². The summed E-state index contributed by atoms with van der Waals surface area (Å²) in [7, 11) is 0. The Bertz CT molecular complexity index is 685. The summed E-state index contributed by atoms with van der Waals surface area (Å²) in [5.74, 6) is 2.38. The second kappa shape index (κ2) is 7.50. The highest BCUT2D eigenvalue weighted by Gasteiger charge is 2.29. The van der Waals surface area contributed by atoms with Crippen LogP contribution >= 0.6 is 0 Å². The highest BCUT2D eigenvalue weighted by molar-refractivity contribution is 5.47. The van der Waals surface area contributed by atoms with Crippen molar-refractivity contribution in [3.63, 3.8) is 0 Å². The predicted octanol–water partition coefficient (Wildman–Crippen LogP) is 3.53. The predicted molar refractivity (Wildman–Crippen MR) is 93.8 cm³/mol. The van der Waals surface area contributed by atoms with Gasteiger partial charge in [-0.2, -0.15) is 0 Å². The number of hydrogen-bond donors (Lipinski definition) is 1. The minimum atomic E-state index is -0.548. The molecule has 25 heavy (non-hydrogen) atoms. The molecule has 2 aliphatic heterocycles. The molecular weight excluding hydrogens is 318 g/mol. The van der Waals surface area contributed by atoms with Crippen molar-refractivity contribution >= 4 is 0 Å². The lowest BCUT2D eigenvalue weighted by Gasteiger charge is -2.27. The summed E-state index contributed by atoms with van der Waals surface area (Å²) in [6, 6.07) is 10.1. The summed E-state index contributed by atoms with van der Waals surface area (Å²) < 4.78 is 17.1. The molecule has 1 N–H and O–H groups in total. The smallest absolute Gasteiger partial charge is 0.165 e. The summed E-state index contributed by atoms with van der Waals surface area (Å²) in [5, 5.41) is 10.4. The van der Waals surface area contributed by atoms with Crippen LogP contribution in [0.2, 0.25) is 0 Å². The maximum absolute atomic E-state index is 10.4. The van der Waals surface area contributed by atoms with Crippen LogP contribution in [0.5, 0.6) is 11.5 Å². The van der Waals surface area contributed by atoms with Crippen molar-refractivity contribution in [2.45, 2.75) is 44.4 Å². The number of rotatable bonds is 5. The molecular formula is C20H25NO4. The number of nitrogens with zero attached hydrogens (tertiary/aromatic N) is 1. The highest BCUT2D eigenvalue weighted by Crippen LogP contribution is 2.36. The van der Waals surface area contributed by atoms with Crippen molar-refractivity contribution in [3.8, 4) is 11.5 Å². The molecule has 0 saturated carbocycles. The molecule has 5 heteroatoms. The molecule has 4 rings (SSSR count). The normalized spacial score (nSPS) is 21.9. The number of aliphatic hydroxyl groups is 1. The first-order chi connectivity index (χ1) is 12.3. The molecule has 0 amide bonds. The first-order valence-electron chi connectivity index (χ1n) is 9.14. The number of hydrogen-bond acceptors (Lipinski definition) is 5. The monoisotopic (exact) mass is 343 g/mol. The third-order valence-electron chi connectivity index (χ3n) is 5.09. The summed E-state index contributed by atoms with van der Waals surface area (Å²) >= 11 is 0. The van der Waals surface area contributed by atoms with Gasteiger partial charge in [-0.05, 0) is 44.0 Å². The van der Waals surface area contributed by atoms with E-state index in [9.17, 15) is 5.11 Å². The Kier molecular flexibility index (Phi) is 4.95. The fraction of sp³-hybridized carbons (Fsp3) is 0.500. The SMILES string of the molecule is OC(CC1CCCN1Cc1cccc2c1OCCCO2)c1ccco1. The van der Waals surface area contributed by atoms with Crippen molar-refractivity contribution in [2.24, 2.45) is 0 Å². The Labute approximate surface area is 148 Å². The van der Waals surface area contributed by atoms with Gasteiger partial charge < -0.3 is 19.0 Å². The Morgan fingerprint density at radius 3 is 2.92 bits per heavy atom. The summed E-state index contributed by atoms with van der Waals surface area (Å²) in [4.78, 5) is 2.44. The van der Waals surface area contributed by atoms with E-state index < -0.39 is 6.10 Å².